The van der Waals surface area contributed by atoms with E-state index in [1.807, 2.05) is 48.3 Å². The zero-order valence-corrected chi connectivity index (χ0v) is 16.3. The fourth-order valence-corrected chi connectivity index (χ4v) is 3.94. The van der Waals surface area contributed by atoms with Crippen LogP contribution in [0, 0.1) is 12.8 Å². The molecular weight excluding hydrogens is 352 g/mol. The second kappa shape index (κ2) is 7.72. The summed E-state index contributed by atoms with van der Waals surface area (Å²) in [5, 5.41) is 18.5. The Balaban J connectivity index is 1.62. The molecule has 1 saturated carbocycles. The molecule has 1 fully saturated rings. The Labute approximate surface area is 164 Å². The van der Waals surface area contributed by atoms with Crippen LogP contribution in [0.15, 0.2) is 42.7 Å². The van der Waals surface area contributed by atoms with Crippen molar-refractivity contribution in [1.29, 1.82) is 0 Å². The molecule has 6 nitrogen and oxygen atoms in total. The van der Waals surface area contributed by atoms with Gasteiger partial charge in [0.05, 0.1) is 28.9 Å². The largest absolute Gasteiger partial charge is 0.393 e. The maximum absolute atomic E-state index is 13.0. The molecule has 6 heteroatoms. The van der Waals surface area contributed by atoms with E-state index in [-0.39, 0.29) is 24.0 Å². The van der Waals surface area contributed by atoms with Crippen molar-refractivity contribution in [3.63, 3.8) is 0 Å². The van der Waals surface area contributed by atoms with Gasteiger partial charge in [0.15, 0.2) is 0 Å². The zero-order chi connectivity index (χ0) is 19.7. The Hall–Kier alpha value is -2.73. The number of hydrogen-bond acceptors (Lipinski definition) is 4. The number of aliphatic hydroxyl groups excluding tert-OH is 1. The first-order valence-corrected chi connectivity index (χ1v) is 9.92. The normalized spacial score (nSPS) is 20.0. The van der Waals surface area contributed by atoms with Gasteiger partial charge in [0, 0.05) is 24.3 Å². The molecule has 2 aromatic heterocycles. The summed E-state index contributed by atoms with van der Waals surface area (Å²) in [5.41, 5.74) is 3.24. The Morgan fingerprint density at radius 1 is 1.36 bits per heavy atom. The average molecular weight is 378 g/mol. The molecule has 0 bridgehead atoms. The Bertz CT molecular complexity index is 991. The molecule has 4 rings (SSSR count). The summed E-state index contributed by atoms with van der Waals surface area (Å²) in [7, 11) is 0. The van der Waals surface area contributed by atoms with E-state index in [0.717, 1.165) is 35.1 Å². The molecule has 0 spiro atoms. The van der Waals surface area contributed by atoms with Crippen LogP contribution in [0.4, 0.5) is 0 Å². The summed E-state index contributed by atoms with van der Waals surface area (Å²) in [6.45, 7) is 4.74. The van der Waals surface area contributed by atoms with Crippen molar-refractivity contribution in [3.05, 3.63) is 59.5 Å². The molecule has 28 heavy (non-hydrogen) atoms. The number of aliphatic hydroxyl groups is 1. The first-order chi connectivity index (χ1) is 13.5. The second-order valence-corrected chi connectivity index (χ2v) is 7.69. The number of nitrogens with zero attached hydrogens (tertiary/aromatic N) is 3. The van der Waals surface area contributed by atoms with E-state index in [1.165, 1.54) is 0 Å². The molecule has 2 N–H and O–H groups in total. The van der Waals surface area contributed by atoms with Gasteiger partial charge in [-0.25, -0.2) is 0 Å². The van der Waals surface area contributed by atoms with Crippen LogP contribution >= 0.6 is 0 Å². The number of fused-ring (bicyclic) bond motifs is 1. The van der Waals surface area contributed by atoms with E-state index in [2.05, 4.69) is 28.4 Å². The minimum atomic E-state index is -0.285. The zero-order valence-electron chi connectivity index (χ0n) is 16.3. The second-order valence-electron chi connectivity index (χ2n) is 7.69. The molecule has 0 aliphatic heterocycles. The van der Waals surface area contributed by atoms with Crippen molar-refractivity contribution in [2.45, 2.75) is 51.8 Å². The van der Waals surface area contributed by atoms with Crippen LogP contribution in [0.3, 0.4) is 0 Å². The van der Waals surface area contributed by atoms with Crippen LogP contribution in [-0.2, 0) is 6.54 Å². The lowest BCUT2D eigenvalue weighted by Crippen LogP contribution is -2.41. The standard InChI is InChI=1S/C22H26N4O2/c1-3-8-26-13-19(14(2)25-26)22(28)24-21(16-10-18(27)11-16)17-9-15-6-4-5-7-20(15)23-12-17/h4-7,9,12-13,16,18,21,27H,3,8,10-11H2,1-2H3,(H,24,28)/t16?,18?,21-/m0/s1. The summed E-state index contributed by atoms with van der Waals surface area (Å²) in [4.78, 5) is 17.6. The van der Waals surface area contributed by atoms with Crippen LogP contribution in [-0.4, -0.2) is 31.9 Å². The topological polar surface area (TPSA) is 80.0 Å². The summed E-state index contributed by atoms with van der Waals surface area (Å²) in [6.07, 6.45) is 5.71. The number of carbonyl (C=O) groups is 1. The highest BCUT2D eigenvalue weighted by molar-refractivity contribution is 5.95. The van der Waals surface area contributed by atoms with E-state index >= 15 is 0 Å². The lowest BCUT2D eigenvalue weighted by Gasteiger charge is -2.38. The van der Waals surface area contributed by atoms with Crippen molar-refractivity contribution >= 4 is 16.8 Å². The molecule has 3 aromatic rings. The van der Waals surface area contributed by atoms with Gasteiger partial charge in [0.25, 0.3) is 5.91 Å². The van der Waals surface area contributed by atoms with Crippen molar-refractivity contribution < 1.29 is 9.90 Å². The quantitative estimate of drug-likeness (QED) is 0.689. The third-order valence-electron chi connectivity index (χ3n) is 5.52. The highest BCUT2D eigenvalue weighted by Gasteiger charge is 2.36. The van der Waals surface area contributed by atoms with Gasteiger partial charge in [0.2, 0.25) is 0 Å². The summed E-state index contributed by atoms with van der Waals surface area (Å²) < 4.78 is 1.82. The highest BCUT2D eigenvalue weighted by atomic mass is 16.3. The van der Waals surface area contributed by atoms with Gasteiger partial charge < -0.3 is 10.4 Å². The molecule has 0 saturated heterocycles. The number of hydrogen-bond donors (Lipinski definition) is 2. The predicted molar refractivity (Wildman–Crippen MR) is 108 cm³/mol. The molecule has 0 radical (unpaired) electrons. The third kappa shape index (κ3) is 3.64. The summed E-state index contributed by atoms with van der Waals surface area (Å²) in [6, 6.07) is 9.87. The maximum Gasteiger partial charge on any atom is 0.255 e. The van der Waals surface area contributed by atoms with Gasteiger partial charge in [-0.3, -0.25) is 14.5 Å². The van der Waals surface area contributed by atoms with Crippen LogP contribution in [0.2, 0.25) is 0 Å². The Morgan fingerprint density at radius 3 is 2.89 bits per heavy atom. The summed E-state index contributed by atoms with van der Waals surface area (Å²) in [5.74, 6) is 0.0762. The Morgan fingerprint density at radius 2 is 2.14 bits per heavy atom. The average Bonchev–Trinajstić information content (AvgIpc) is 3.04. The predicted octanol–water partition coefficient (Wildman–Crippen LogP) is 3.39. The van der Waals surface area contributed by atoms with E-state index < -0.39 is 0 Å². The molecule has 1 amide bonds. The molecule has 0 unspecified atom stereocenters. The molecule has 1 aliphatic rings. The number of rotatable bonds is 6. The SMILES string of the molecule is CCCn1cc(C(=O)N[C@H](c2cnc3ccccc3c2)C2CC(O)C2)c(C)n1. The monoisotopic (exact) mass is 378 g/mol. The van der Waals surface area contributed by atoms with E-state index in [0.29, 0.717) is 18.4 Å². The van der Waals surface area contributed by atoms with Crippen LogP contribution < -0.4 is 5.32 Å². The third-order valence-corrected chi connectivity index (χ3v) is 5.52. The van der Waals surface area contributed by atoms with Gasteiger partial charge >= 0.3 is 0 Å². The van der Waals surface area contributed by atoms with Crippen molar-refractivity contribution in [2.24, 2.45) is 5.92 Å². The van der Waals surface area contributed by atoms with Crippen molar-refractivity contribution in [2.75, 3.05) is 0 Å². The van der Waals surface area contributed by atoms with E-state index in [1.54, 1.807) is 0 Å². The molecule has 2 heterocycles. The first kappa shape index (κ1) is 18.6. The number of amides is 1. The number of pyridine rings is 1. The van der Waals surface area contributed by atoms with Gasteiger partial charge in [0.1, 0.15) is 0 Å². The fourth-order valence-electron chi connectivity index (χ4n) is 3.94. The first-order valence-electron chi connectivity index (χ1n) is 9.92. The molecule has 1 atom stereocenters. The van der Waals surface area contributed by atoms with Crippen LogP contribution in [0.25, 0.3) is 10.9 Å². The van der Waals surface area contributed by atoms with Gasteiger partial charge in [-0.2, -0.15) is 5.10 Å². The molecule has 146 valence electrons. The number of benzene rings is 1. The van der Waals surface area contributed by atoms with E-state index in [9.17, 15) is 9.90 Å². The lowest BCUT2D eigenvalue weighted by atomic mass is 9.75. The highest BCUT2D eigenvalue weighted by Crippen LogP contribution is 2.38. The number of aryl methyl sites for hydroxylation is 2. The van der Waals surface area contributed by atoms with Crippen LogP contribution in [0.1, 0.15) is 53.8 Å². The smallest absolute Gasteiger partial charge is 0.255 e. The van der Waals surface area contributed by atoms with Gasteiger partial charge in [-0.05, 0) is 49.8 Å². The molecule has 1 aromatic carbocycles. The molecular formula is C22H26N4O2. The fraction of sp³-hybridized carbons (Fsp3) is 0.409. The van der Waals surface area contributed by atoms with Crippen molar-refractivity contribution in [1.82, 2.24) is 20.1 Å². The van der Waals surface area contributed by atoms with Gasteiger partial charge in [-0.15, -0.1) is 0 Å². The number of nitrogens with one attached hydrogen (secondary N) is 1. The van der Waals surface area contributed by atoms with Crippen LogP contribution in [0.5, 0.6) is 0 Å². The minimum Gasteiger partial charge on any atom is -0.393 e. The molecule has 1 aliphatic carbocycles. The minimum absolute atomic E-state index is 0.126. The van der Waals surface area contributed by atoms with Gasteiger partial charge in [-0.1, -0.05) is 25.1 Å². The Kier molecular flexibility index (Phi) is 5.13. The summed E-state index contributed by atoms with van der Waals surface area (Å²) >= 11 is 0. The number of carbonyl (C=O) groups excluding carboxylic acids is 1. The maximum atomic E-state index is 13.0. The van der Waals surface area contributed by atoms with Crippen molar-refractivity contribution in [3.8, 4) is 0 Å². The lowest BCUT2D eigenvalue weighted by molar-refractivity contribution is 0.0235. The number of para-hydroxylation sites is 1. The van der Waals surface area contributed by atoms with E-state index in [4.69, 9.17) is 0 Å². The number of aromatic nitrogens is 3.